The average molecular weight is 1240 g/mol. The third-order valence-electron chi connectivity index (χ3n) is 16.0. The molecule has 0 atom stereocenters. The Morgan fingerprint density at radius 1 is 0.476 bits per heavy atom. The van der Waals surface area contributed by atoms with Crippen LogP contribution in [0, 0.1) is 26.0 Å². The second-order valence-electron chi connectivity index (χ2n) is 20.9. The van der Waals surface area contributed by atoms with Gasteiger partial charge in [0.15, 0.2) is 5.78 Å². The maximum atomic E-state index is 10.0. The SMILES string of the molecule is CC(=O)/C=C(/C)O.Cc1oc2c(ccc3c2c2cc(-c4ccccc4)cc4c5cc(-c6ccccn6)[c-]cc5n3c42)c1C.[Ir].[c-]1cc2c(cc1-c1ccccn1)c1cc(-c3ccccc3)cc3c4c5oc6ccccc6c5ccc4n2c13. The number of aryl methyl sites for hydroxylation is 2. The first kappa shape index (κ1) is 50.3. The van der Waals surface area contributed by atoms with E-state index < -0.39 is 0 Å². The van der Waals surface area contributed by atoms with Crippen LogP contribution in [-0.2, 0) is 24.9 Å². The molecule has 0 fully saturated rings. The van der Waals surface area contributed by atoms with E-state index >= 15 is 0 Å². The van der Waals surface area contributed by atoms with Gasteiger partial charge >= 0.3 is 0 Å². The van der Waals surface area contributed by atoms with Crippen LogP contribution in [0.1, 0.15) is 25.2 Å². The van der Waals surface area contributed by atoms with Crippen molar-refractivity contribution >= 4 is 115 Å². The van der Waals surface area contributed by atoms with Crippen molar-refractivity contribution in [2.75, 3.05) is 0 Å². The van der Waals surface area contributed by atoms with Crippen LogP contribution in [0.15, 0.2) is 227 Å². The van der Waals surface area contributed by atoms with Crippen LogP contribution in [-0.4, -0.2) is 29.7 Å². The van der Waals surface area contributed by atoms with Crippen molar-refractivity contribution in [3.63, 3.8) is 0 Å². The predicted octanol–water partition coefficient (Wildman–Crippen LogP) is 19.0. The number of aromatic nitrogens is 4. The number of carbonyl (C=O) groups is 1. The monoisotopic (exact) mass is 1240 g/mol. The molecule has 0 unspecified atom stereocenters. The normalized spacial score (nSPS) is 12.0. The molecule has 0 amide bonds. The molecule has 0 aliphatic carbocycles. The Morgan fingerprint density at radius 3 is 1.44 bits per heavy atom. The molecule has 395 valence electrons. The third kappa shape index (κ3) is 7.95. The van der Waals surface area contributed by atoms with Gasteiger partial charge in [0.2, 0.25) is 0 Å². The number of nitrogens with zero attached hydrogens (tertiary/aromatic N) is 4. The van der Waals surface area contributed by atoms with Crippen molar-refractivity contribution in [2.45, 2.75) is 27.7 Å². The Morgan fingerprint density at radius 2 is 0.951 bits per heavy atom. The van der Waals surface area contributed by atoms with Crippen LogP contribution >= 0.6 is 0 Å². The van der Waals surface area contributed by atoms with Crippen LogP contribution in [0.2, 0.25) is 0 Å². The van der Waals surface area contributed by atoms with E-state index in [0.717, 1.165) is 83.2 Å². The number of fused-ring (bicyclic) bond motifs is 18. The number of rotatable bonds is 5. The standard InChI is InChI=1S/C35H19N2O.C33H21N2O.C5H8O2.Ir/c1-2-8-21(9-3-1)23-19-27-26-18-22(29-11-6-7-17-36-29)13-15-30(26)37-31-16-14-25-24-10-4-5-12-32(24)38-35(25)33(31)28(20-23)34(27)37;1-19-20(2)36-33-24(19)12-14-30-31(33)27-18-23(21-8-4-3-5-9-21)17-26-25-16-22(28-10-6-7-15-34-28)11-13-29(25)35(30)32(26)27;1-4(6)3-5(2)7;/h1-12,14-20H;3-10,12-18H,1-2H3;3,6H,1-2H3;/q2*-1;;/b;;4-3-;. The molecule has 0 aliphatic rings. The number of furan rings is 2. The molecule has 9 aromatic carbocycles. The molecule has 1 N–H and O–H groups in total. The van der Waals surface area contributed by atoms with E-state index in [4.69, 9.17) is 13.9 Å². The summed E-state index contributed by atoms with van der Waals surface area (Å²) < 4.78 is 17.7. The molecule has 82 heavy (non-hydrogen) atoms. The number of benzene rings is 9. The summed E-state index contributed by atoms with van der Waals surface area (Å²) in [6.07, 6.45) is 4.83. The number of hydrogen-bond acceptors (Lipinski definition) is 6. The zero-order valence-electron chi connectivity index (χ0n) is 45.0. The molecular weight excluding hydrogens is 1190 g/mol. The van der Waals surface area contributed by atoms with Gasteiger partial charge in [-0.15, -0.1) is 47.5 Å². The van der Waals surface area contributed by atoms with Gasteiger partial charge < -0.3 is 32.7 Å². The summed E-state index contributed by atoms with van der Waals surface area (Å²) in [5.41, 5.74) is 19.7. The first-order valence-corrected chi connectivity index (χ1v) is 27.0. The van der Waals surface area contributed by atoms with E-state index in [1.54, 1.807) is 0 Å². The summed E-state index contributed by atoms with van der Waals surface area (Å²) in [6.45, 7) is 7.04. The molecule has 17 aromatic rings. The largest absolute Gasteiger partial charge is 0.512 e. The van der Waals surface area contributed by atoms with Gasteiger partial charge in [-0.3, -0.25) is 4.79 Å². The summed E-state index contributed by atoms with van der Waals surface area (Å²) in [5, 5.41) is 21.5. The number of para-hydroxylation sites is 1. The molecule has 8 heterocycles. The zero-order chi connectivity index (χ0) is 54.6. The first-order chi connectivity index (χ1) is 39.7. The van der Waals surface area contributed by atoms with E-state index in [9.17, 15) is 4.79 Å². The first-order valence-electron chi connectivity index (χ1n) is 27.0. The summed E-state index contributed by atoms with van der Waals surface area (Å²) in [5.74, 6) is 0.913. The minimum atomic E-state index is -0.125. The van der Waals surface area contributed by atoms with Crippen molar-refractivity contribution in [3.05, 3.63) is 242 Å². The van der Waals surface area contributed by atoms with Crippen LogP contribution in [0.4, 0.5) is 0 Å². The van der Waals surface area contributed by atoms with Gasteiger partial charge in [-0.05, 0) is 155 Å². The molecule has 9 heteroatoms. The molecule has 0 aliphatic heterocycles. The number of pyridine rings is 2. The van der Waals surface area contributed by atoms with Crippen LogP contribution in [0.3, 0.4) is 0 Å². The molecule has 0 saturated heterocycles. The van der Waals surface area contributed by atoms with Crippen LogP contribution in [0.5, 0.6) is 0 Å². The topological polar surface area (TPSA) is 98.2 Å². The fourth-order valence-corrected chi connectivity index (χ4v) is 12.3. The number of aliphatic hydroxyl groups is 1. The van der Waals surface area contributed by atoms with Crippen molar-refractivity contribution in [1.29, 1.82) is 0 Å². The fourth-order valence-electron chi connectivity index (χ4n) is 12.3. The van der Waals surface area contributed by atoms with E-state index in [1.165, 1.54) is 102 Å². The molecule has 0 spiro atoms. The molecule has 0 bridgehead atoms. The van der Waals surface area contributed by atoms with E-state index in [0.29, 0.717) is 0 Å². The second kappa shape index (κ2) is 19.7. The number of ketones is 1. The Bertz CT molecular complexity index is 5350. The number of carbonyl (C=O) groups excluding carboxylic acids is 1. The quantitative estimate of drug-likeness (QED) is 0.105. The molecule has 0 saturated carbocycles. The van der Waals surface area contributed by atoms with Gasteiger partial charge in [0, 0.05) is 76.5 Å². The maximum Gasteiger partial charge on any atom is 0.155 e. The van der Waals surface area contributed by atoms with Crippen molar-refractivity contribution in [1.82, 2.24) is 18.8 Å². The third-order valence-corrected chi connectivity index (χ3v) is 16.0. The van der Waals surface area contributed by atoms with Crippen molar-refractivity contribution < 1.29 is 38.8 Å². The Kier molecular flexibility index (Phi) is 12.1. The van der Waals surface area contributed by atoms with Crippen molar-refractivity contribution in [3.8, 4) is 44.8 Å². The van der Waals surface area contributed by atoms with E-state index in [2.05, 4.69) is 196 Å². The van der Waals surface area contributed by atoms with Gasteiger partial charge in [-0.1, -0.05) is 114 Å². The second-order valence-corrected chi connectivity index (χ2v) is 20.9. The molecule has 8 nitrogen and oxygen atoms in total. The number of hydrogen-bond donors (Lipinski definition) is 1. The Hall–Kier alpha value is -9.92. The average Bonchev–Trinajstić information content (AvgIpc) is 3.72. The van der Waals surface area contributed by atoms with Crippen LogP contribution in [0.25, 0.3) is 154 Å². The summed E-state index contributed by atoms with van der Waals surface area (Å²) in [6, 6.07) is 75.5. The van der Waals surface area contributed by atoms with Gasteiger partial charge in [-0.25, -0.2) is 0 Å². The van der Waals surface area contributed by atoms with E-state index in [1.807, 2.05) is 54.9 Å². The molecule has 8 aromatic heterocycles. The van der Waals surface area contributed by atoms with Gasteiger partial charge in [-0.2, -0.15) is 0 Å². The molecular formula is C73H48IrN4O4-2. The molecule has 17 rings (SSSR count). The Balaban J connectivity index is 0.000000130. The zero-order valence-corrected chi connectivity index (χ0v) is 47.4. The van der Waals surface area contributed by atoms with Gasteiger partial charge in [0.25, 0.3) is 0 Å². The minimum Gasteiger partial charge on any atom is -0.512 e. The van der Waals surface area contributed by atoms with Crippen molar-refractivity contribution in [2.24, 2.45) is 0 Å². The summed E-state index contributed by atoms with van der Waals surface area (Å²) in [7, 11) is 0. The number of aliphatic hydroxyl groups excluding tert-OH is 1. The maximum absolute atomic E-state index is 10.0. The minimum absolute atomic E-state index is 0. The molecule has 1 radical (unpaired) electrons. The summed E-state index contributed by atoms with van der Waals surface area (Å²) in [4.78, 5) is 19.2. The smallest absolute Gasteiger partial charge is 0.155 e. The van der Waals surface area contributed by atoms with E-state index in [-0.39, 0.29) is 31.6 Å². The van der Waals surface area contributed by atoms with Gasteiger partial charge in [0.1, 0.15) is 22.5 Å². The predicted molar refractivity (Wildman–Crippen MR) is 331 cm³/mol. The van der Waals surface area contributed by atoms with Gasteiger partial charge in [0.05, 0.1) is 27.6 Å². The Labute approximate surface area is 483 Å². The summed E-state index contributed by atoms with van der Waals surface area (Å²) >= 11 is 0. The van der Waals surface area contributed by atoms with Crippen LogP contribution < -0.4 is 0 Å². The number of allylic oxidation sites excluding steroid dienone is 2. The fraction of sp³-hybridized carbons (Fsp3) is 0.0548.